The Morgan fingerprint density at radius 3 is 2.84 bits per heavy atom. The summed E-state index contributed by atoms with van der Waals surface area (Å²) in [5.74, 6) is 0.239. The number of hydrogen-bond donors (Lipinski definition) is 1. The molecule has 0 aliphatic carbocycles. The number of nitrogens with one attached hydrogen (secondary N) is 1. The second-order valence-electron chi connectivity index (χ2n) is 3.83. The van der Waals surface area contributed by atoms with E-state index in [0.29, 0.717) is 11.3 Å². The van der Waals surface area contributed by atoms with E-state index in [4.69, 9.17) is 4.74 Å². The topological polar surface area (TPSA) is 50.7 Å². The molecule has 2 rings (SSSR count). The van der Waals surface area contributed by atoms with Gasteiger partial charge in [-0.3, -0.25) is 4.79 Å². The zero-order valence-corrected chi connectivity index (χ0v) is 11.5. The lowest BCUT2D eigenvalue weighted by Gasteiger charge is -2.05. The number of carbonyl (C=O) groups excluding carboxylic acids is 1. The van der Waals surface area contributed by atoms with Gasteiger partial charge < -0.3 is 4.74 Å². The molecule has 0 aliphatic rings. The monoisotopic (exact) mass is 274 g/mol. The molecular formula is C14H14N2O2S. The summed E-state index contributed by atoms with van der Waals surface area (Å²) in [6.45, 7) is 2.01. The largest absolute Gasteiger partial charge is 0.496 e. The number of thiophene rings is 1. The van der Waals surface area contributed by atoms with Crippen LogP contribution in [0.3, 0.4) is 0 Å². The highest BCUT2D eigenvalue weighted by Crippen LogP contribution is 2.17. The Hall–Kier alpha value is -2.14. The van der Waals surface area contributed by atoms with Crippen LogP contribution in [0.4, 0.5) is 0 Å². The van der Waals surface area contributed by atoms with Crippen molar-refractivity contribution in [2.45, 2.75) is 6.92 Å². The van der Waals surface area contributed by atoms with Crippen LogP contribution in [0.5, 0.6) is 5.75 Å². The van der Waals surface area contributed by atoms with Crippen molar-refractivity contribution in [2.75, 3.05) is 7.11 Å². The number of hydrazone groups is 1. The summed E-state index contributed by atoms with van der Waals surface area (Å²) in [5.41, 5.74) is 3.96. The molecule has 0 saturated carbocycles. The Bertz CT molecular complexity index is 605. The smallest absolute Gasteiger partial charge is 0.275 e. The summed E-state index contributed by atoms with van der Waals surface area (Å²) in [4.78, 5) is 13.1. The van der Waals surface area contributed by atoms with Crippen LogP contribution in [0, 0.1) is 6.92 Å². The molecule has 0 aliphatic heterocycles. The third kappa shape index (κ3) is 3.20. The maximum absolute atomic E-state index is 11.9. The number of para-hydroxylation sites is 1. The van der Waals surface area contributed by atoms with Crippen molar-refractivity contribution in [1.29, 1.82) is 0 Å². The van der Waals surface area contributed by atoms with E-state index in [1.807, 2.05) is 24.4 Å². The van der Waals surface area contributed by atoms with Crippen molar-refractivity contribution in [3.05, 3.63) is 51.7 Å². The molecule has 1 amide bonds. The van der Waals surface area contributed by atoms with E-state index in [-0.39, 0.29) is 5.91 Å². The lowest BCUT2D eigenvalue weighted by atomic mass is 10.2. The van der Waals surface area contributed by atoms with E-state index >= 15 is 0 Å². The molecule has 1 aromatic heterocycles. The minimum absolute atomic E-state index is 0.290. The van der Waals surface area contributed by atoms with E-state index in [9.17, 15) is 4.79 Å². The molecule has 98 valence electrons. The van der Waals surface area contributed by atoms with Crippen molar-refractivity contribution < 1.29 is 9.53 Å². The quantitative estimate of drug-likeness (QED) is 0.688. The number of amides is 1. The lowest BCUT2D eigenvalue weighted by molar-refractivity contribution is 0.0952. The van der Waals surface area contributed by atoms with Crippen LogP contribution >= 0.6 is 11.3 Å². The lowest BCUT2D eigenvalue weighted by Crippen LogP contribution is -2.18. The first-order valence-corrected chi connectivity index (χ1v) is 6.61. The second kappa shape index (κ2) is 6.15. The number of methoxy groups -OCH3 is 1. The molecule has 0 radical (unpaired) electrons. The summed E-state index contributed by atoms with van der Waals surface area (Å²) in [5, 5.41) is 5.94. The van der Waals surface area contributed by atoms with Crippen molar-refractivity contribution in [3.63, 3.8) is 0 Å². The van der Waals surface area contributed by atoms with Crippen LogP contribution in [0.1, 0.15) is 20.8 Å². The molecule has 4 nitrogen and oxygen atoms in total. The third-order valence-corrected chi connectivity index (χ3v) is 3.48. The molecule has 19 heavy (non-hydrogen) atoms. The molecule has 1 N–H and O–H groups in total. The number of nitrogens with zero attached hydrogens (tertiary/aromatic N) is 1. The normalized spacial score (nSPS) is 10.6. The first kappa shape index (κ1) is 13.3. The summed E-state index contributed by atoms with van der Waals surface area (Å²) in [6, 6.07) is 8.98. The summed E-state index contributed by atoms with van der Waals surface area (Å²) >= 11 is 1.64. The van der Waals surface area contributed by atoms with Crippen LogP contribution in [0.25, 0.3) is 0 Å². The maximum atomic E-state index is 11.9. The highest BCUT2D eigenvalue weighted by atomic mass is 32.1. The van der Waals surface area contributed by atoms with Crippen molar-refractivity contribution in [3.8, 4) is 5.75 Å². The Kier molecular flexibility index (Phi) is 4.30. The summed E-state index contributed by atoms with van der Waals surface area (Å²) in [6.07, 6.45) is 1.64. The van der Waals surface area contributed by atoms with Crippen LogP contribution < -0.4 is 10.2 Å². The minimum atomic E-state index is -0.290. The summed E-state index contributed by atoms with van der Waals surface area (Å²) in [7, 11) is 1.53. The fourth-order valence-corrected chi connectivity index (χ4v) is 2.26. The van der Waals surface area contributed by atoms with Gasteiger partial charge >= 0.3 is 0 Å². The molecule has 0 fully saturated rings. The predicted molar refractivity (Wildman–Crippen MR) is 77.1 cm³/mol. The van der Waals surface area contributed by atoms with Gasteiger partial charge in [-0.15, -0.1) is 11.3 Å². The number of benzene rings is 1. The molecule has 0 unspecified atom stereocenters. The van der Waals surface area contributed by atoms with Gasteiger partial charge in [0, 0.05) is 10.4 Å². The van der Waals surface area contributed by atoms with Gasteiger partial charge in [-0.05, 0) is 30.5 Å². The molecule has 5 heteroatoms. The van der Waals surface area contributed by atoms with Crippen LogP contribution in [-0.2, 0) is 0 Å². The Morgan fingerprint density at radius 2 is 2.16 bits per heavy atom. The highest BCUT2D eigenvalue weighted by Gasteiger charge is 2.09. The van der Waals surface area contributed by atoms with Gasteiger partial charge in [-0.2, -0.15) is 5.10 Å². The average molecular weight is 274 g/mol. The molecular weight excluding hydrogens is 260 g/mol. The third-order valence-electron chi connectivity index (χ3n) is 2.62. The number of rotatable bonds is 4. The standard InChI is InChI=1S/C14H14N2O2S/c1-10-11(7-8-19-10)9-15-16-14(17)12-5-3-4-6-13(12)18-2/h3-9H,1-2H3,(H,16,17)/b15-9-. The number of ether oxygens (including phenoxy) is 1. The van der Waals surface area contributed by atoms with E-state index in [0.717, 1.165) is 10.4 Å². The maximum Gasteiger partial charge on any atom is 0.275 e. The fourth-order valence-electron chi connectivity index (χ4n) is 1.58. The molecule has 0 spiro atoms. The number of aryl methyl sites for hydroxylation is 1. The molecule has 0 saturated heterocycles. The average Bonchev–Trinajstić information content (AvgIpc) is 2.84. The Balaban J connectivity index is 2.06. The zero-order valence-electron chi connectivity index (χ0n) is 10.7. The van der Waals surface area contributed by atoms with E-state index < -0.39 is 0 Å². The van der Waals surface area contributed by atoms with E-state index in [1.54, 1.807) is 35.8 Å². The van der Waals surface area contributed by atoms with E-state index in [2.05, 4.69) is 10.5 Å². The Morgan fingerprint density at radius 1 is 1.37 bits per heavy atom. The van der Waals surface area contributed by atoms with Gasteiger partial charge in [-0.25, -0.2) is 5.43 Å². The first-order valence-electron chi connectivity index (χ1n) is 5.73. The number of hydrogen-bond acceptors (Lipinski definition) is 4. The Labute approximate surface area is 115 Å². The van der Waals surface area contributed by atoms with Gasteiger partial charge in [0.25, 0.3) is 5.91 Å². The first-order chi connectivity index (χ1) is 9.22. The molecule has 2 aromatic rings. The minimum Gasteiger partial charge on any atom is -0.496 e. The summed E-state index contributed by atoms with van der Waals surface area (Å²) < 4.78 is 5.13. The highest BCUT2D eigenvalue weighted by molar-refractivity contribution is 7.10. The second-order valence-corrected chi connectivity index (χ2v) is 4.95. The zero-order chi connectivity index (χ0) is 13.7. The molecule has 1 heterocycles. The fraction of sp³-hybridized carbons (Fsp3) is 0.143. The van der Waals surface area contributed by atoms with Crippen molar-refractivity contribution in [1.82, 2.24) is 5.43 Å². The van der Waals surface area contributed by atoms with Crippen molar-refractivity contribution >= 4 is 23.5 Å². The van der Waals surface area contributed by atoms with Crippen LogP contribution in [-0.4, -0.2) is 19.2 Å². The van der Waals surface area contributed by atoms with Crippen LogP contribution in [0.2, 0.25) is 0 Å². The van der Waals surface area contributed by atoms with Crippen molar-refractivity contribution in [2.24, 2.45) is 5.10 Å². The molecule has 1 aromatic carbocycles. The number of carbonyl (C=O) groups is 1. The van der Waals surface area contributed by atoms with Gasteiger partial charge in [0.2, 0.25) is 0 Å². The van der Waals surface area contributed by atoms with E-state index in [1.165, 1.54) is 7.11 Å². The SMILES string of the molecule is COc1ccccc1C(=O)N/N=C\c1ccsc1C. The predicted octanol–water partition coefficient (Wildman–Crippen LogP) is 2.83. The van der Waals surface area contributed by atoms with Gasteiger partial charge in [0.05, 0.1) is 18.9 Å². The molecule has 0 bridgehead atoms. The van der Waals surface area contributed by atoms with Gasteiger partial charge in [-0.1, -0.05) is 12.1 Å². The van der Waals surface area contributed by atoms with Crippen LogP contribution in [0.15, 0.2) is 40.8 Å². The molecule has 0 atom stereocenters. The van der Waals surface area contributed by atoms with Gasteiger partial charge in [0.1, 0.15) is 5.75 Å². The van der Waals surface area contributed by atoms with Gasteiger partial charge in [0.15, 0.2) is 0 Å².